The van der Waals surface area contributed by atoms with E-state index in [-0.39, 0.29) is 59.1 Å². The quantitative estimate of drug-likeness (QED) is 0.694. The first-order valence-corrected chi connectivity index (χ1v) is 11.6. The molecule has 0 aromatic rings. The number of carbonyl (C=O) groups excluding carboxylic acids is 2. The summed E-state index contributed by atoms with van der Waals surface area (Å²) in [6, 6.07) is 0. The molecule has 9 atom stereocenters. The number of fused-ring (bicyclic) bond motifs is 5. The largest absolute Gasteiger partial charge is 0.481 e. The van der Waals surface area contributed by atoms with Crippen molar-refractivity contribution in [3.05, 3.63) is 0 Å². The van der Waals surface area contributed by atoms with Gasteiger partial charge in [0.2, 0.25) is 11.6 Å². The summed E-state index contributed by atoms with van der Waals surface area (Å²) in [5.41, 5.74) is -0.795. The Hall–Kier alpha value is -1.23. The summed E-state index contributed by atoms with van der Waals surface area (Å²) in [4.78, 5) is 38.2. The number of carboxylic acid groups (broad SMARTS) is 1. The van der Waals surface area contributed by atoms with Gasteiger partial charge in [0, 0.05) is 17.8 Å². The normalized spacial score (nSPS) is 47.9. The lowest BCUT2D eigenvalue weighted by Gasteiger charge is -2.59. The van der Waals surface area contributed by atoms with Crippen molar-refractivity contribution in [1.82, 2.24) is 0 Å². The van der Waals surface area contributed by atoms with E-state index in [2.05, 4.69) is 13.8 Å². The molecule has 0 aliphatic heterocycles. The molecule has 0 aromatic carbocycles. The van der Waals surface area contributed by atoms with E-state index in [1.165, 1.54) is 0 Å². The van der Waals surface area contributed by atoms with Crippen LogP contribution < -0.4 is 0 Å². The number of aliphatic hydroxyl groups excluding tert-OH is 1. The Balaban J connectivity index is 1.64. The zero-order chi connectivity index (χ0) is 21.1. The number of aliphatic carboxylic acids is 1. The molecule has 4 rings (SSSR count). The van der Waals surface area contributed by atoms with E-state index < -0.39 is 11.4 Å². The zero-order valence-corrected chi connectivity index (χ0v) is 18.0. The van der Waals surface area contributed by atoms with Gasteiger partial charge in [-0.15, -0.1) is 0 Å². The number of Topliss-reactive ketones (excluding diaryl/α,β-unsaturated/α-hetero) is 2. The highest BCUT2D eigenvalue weighted by Crippen LogP contribution is 2.66. The third kappa shape index (κ3) is 3.02. The highest BCUT2D eigenvalue weighted by atomic mass is 16.4. The molecule has 29 heavy (non-hydrogen) atoms. The van der Waals surface area contributed by atoms with Crippen LogP contribution in [0.15, 0.2) is 0 Å². The zero-order valence-electron chi connectivity index (χ0n) is 18.0. The van der Waals surface area contributed by atoms with Gasteiger partial charge in [-0.2, -0.15) is 0 Å². The molecule has 162 valence electrons. The third-order valence-corrected chi connectivity index (χ3v) is 9.83. The van der Waals surface area contributed by atoms with Gasteiger partial charge in [0.25, 0.3) is 0 Å². The minimum absolute atomic E-state index is 0.1000. The van der Waals surface area contributed by atoms with Crippen molar-refractivity contribution in [1.29, 1.82) is 0 Å². The maximum atomic E-state index is 13.6. The van der Waals surface area contributed by atoms with Crippen LogP contribution in [0.4, 0.5) is 0 Å². The SMILES string of the molecule is C[C@H](CCC(=O)O)[C@H]1CC[C@H]2[C@@H]3CC[C@@H]4C[C@H](O)CC[C@]4(C)[C@H]3C(=O)C(=O)[C@]12C. The summed E-state index contributed by atoms with van der Waals surface area (Å²) in [6.07, 6.45) is 6.66. The van der Waals surface area contributed by atoms with E-state index in [1.54, 1.807) is 0 Å². The smallest absolute Gasteiger partial charge is 0.303 e. The second-order valence-electron chi connectivity index (χ2n) is 11.0. The molecule has 2 N–H and O–H groups in total. The summed E-state index contributed by atoms with van der Waals surface area (Å²) in [5, 5.41) is 19.2. The van der Waals surface area contributed by atoms with Crippen molar-refractivity contribution in [3.63, 3.8) is 0 Å². The van der Waals surface area contributed by atoms with Gasteiger partial charge in [0.1, 0.15) is 0 Å². The lowest BCUT2D eigenvalue weighted by Crippen LogP contribution is -2.62. The maximum absolute atomic E-state index is 13.6. The molecule has 0 amide bonds. The van der Waals surface area contributed by atoms with Crippen LogP contribution in [0, 0.1) is 46.3 Å². The van der Waals surface area contributed by atoms with E-state index in [1.807, 2.05) is 6.92 Å². The van der Waals surface area contributed by atoms with Gasteiger partial charge in [-0.1, -0.05) is 20.8 Å². The number of rotatable bonds is 4. The molecule has 0 bridgehead atoms. The number of carboxylic acids is 1. The van der Waals surface area contributed by atoms with Crippen LogP contribution in [0.3, 0.4) is 0 Å². The molecule has 0 spiro atoms. The molecule has 5 heteroatoms. The summed E-state index contributed by atoms with van der Waals surface area (Å²) in [7, 11) is 0. The first-order chi connectivity index (χ1) is 13.6. The third-order valence-electron chi connectivity index (χ3n) is 9.83. The van der Waals surface area contributed by atoms with Crippen LogP contribution in [-0.4, -0.2) is 33.9 Å². The van der Waals surface area contributed by atoms with Gasteiger partial charge in [0.15, 0.2) is 0 Å². The predicted molar refractivity (Wildman–Crippen MR) is 108 cm³/mol. The molecule has 4 aliphatic rings. The molecule has 0 heterocycles. The van der Waals surface area contributed by atoms with Crippen LogP contribution in [-0.2, 0) is 14.4 Å². The Morgan fingerprint density at radius 1 is 1.14 bits per heavy atom. The summed E-state index contributed by atoms with van der Waals surface area (Å²) >= 11 is 0. The van der Waals surface area contributed by atoms with Gasteiger partial charge in [-0.05, 0) is 86.4 Å². The van der Waals surface area contributed by atoms with E-state index in [0.717, 1.165) is 44.9 Å². The second-order valence-corrected chi connectivity index (χ2v) is 11.0. The predicted octanol–water partition coefficient (Wildman–Crippen LogP) is 3.87. The average Bonchev–Trinajstić information content (AvgIpc) is 3.02. The fraction of sp³-hybridized carbons (Fsp3) is 0.875. The fourth-order valence-electron chi connectivity index (χ4n) is 8.29. The average molecular weight is 405 g/mol. The highest BCUT2D eigenvalue weighted by Gasteiger charge is 2.67. The lowest BCUT2D eigenvalue weighted by molar-refractivity contribution is -0.172. The van der Waals surface area contributed by atoms with E-state index in [0.29, 0.717) is 12.3 Å². The monoisotopic (exact) mass is 404 g/mol. The van der Waals surface area contributed by atoms with Gasteiger partial charge in [-0.3, -0.25) is 14.4 Å². The second kappa shape index (κ2) is 7.18. The van der Waals surface area contributed by atoms with Crippen molar-refractivity contribution in [2.24, 2.45) is 46.3 Å². The summed E-state index contributed by atoms with van der Waals surface area (Å²) < 4.78 is 0. The minimum Gasteiger partial charge on any atom is -0.481 e. The Morgan fingerprint density at radius 2 is 1.86 bits per heavy atom. The number of hydrogen-bond acceptors (Lipinski definition) is 4. The summed E-state index contributed by atoms with van der Waals surface area (Å²) in [6.45, 7) is 6.28. The van der Waals surface area contributed by atoms with E-state index >= 15 is 0 Å². The van der Waals surface area contributed by atoms with Gasteiger partial charge < -0.3 is 10.2 Å². The number of aliphatic hydroxyl groups is 1. The first-order valence-electron chi connectivity index (χ1n) is 11.6. The number of ketones is 2. The molecule has 4 aliphatic carbocycles. The van der Waals surface area contributed by atoms with E-state index in [4.69, 9.17) is 5.11 Å². The van der Waals surface area contributed by atoms with Crippen LogP contribution in [0.25, 0.3) is 0 Å². The van der Waals surface area contributed by atoms with Crippen LogP contribution in [0.2, 0.25) is 0 Å². The van der Waals surface area contributed by atoms with Crippen LogP contribution in [0.1, 0.15) is 78.6 Å². The standard InChI is InChI=1S/C24H36O5/c1-13(4-9-19(26)27)17-7-8-18-16-6-5-14-12-15(25)10-11-23(14,2)20(16)21(28)22(29)24(17,18)3/h13-18,20,25H,4-12H2,1-3H3,(H,26,27)/t13-,14-,15-,16+,17-,18+,20-,23+,24-/m1/s1. The topological polar surface area (TPSA) is 91.7 Å². The van der Waals surface area contributed by atoms with Crippen molar-refractivity contribution in [2.45, 2.75) is 84.7 Å². The van der Waals surface area contributed by atoms with Crippen molar-refractivity contribution >= 4 is 17.5 Å². The Morgan fingerprint density at radius 3 is 2.55 bits per heavy atom. The Kier molecular flexibility index (Phi) is 5.20. The van der Waals surface area contributed by atoms with Gasteiger partial charge in [0.05, 0.1) is 6.10 Å². The molecule has 4 saturated carbocycles. The van der Waals surface area contributed by atoms with Gasteiger partial charge in [-0.25, -0.2) is 0 Å². The van der Waals surface area contributed by atoms with Crippen LogP contribution >= 0.6 is 0 Å². The molecule has 0 saturated heterocycles. The molecule has 0 radical (unpaired) electrons. The van der Waals surface area contributed by atoms with Crippen molar-refractivity contribution in [3.8, 4) is 0 Å². The number of hydrogen-bond donors (Lipinski definition) is 2. The fourth-order valence-corrected chi connectivity index (χ4v) is 8.29. The molecule has 5 nitrogen and oxygen atoms in total. The molecule has 4 fully saturated rings. The molecule has 0 unspecified atom stereocenters. The van der Waals surface area contributed by atoms with Crippen molar-refractivity contribution in [2.75, 3.05) is 0 Å². The number of carbonyl (C=O) groups is 3. The summed E-state index contributed by atoms with van der Waals surface area (Å²) in [5.74, 6) is -0.260. The van der Waals surface area contributed by atoms with Crippen molar-refractivity contribution < 1.29 is 24.6 Å². The van der Waals surface area contributed by atoms with Gasteiger partial charge >= 0.3 is 5.97 Å². The highest BCUT2D eigenvalue weighted by molar-refractivity contribution is 6.41. The Bertz CT molecular complexity index is 716. The van der Waals surface area contributed by atoms with E-state index in [9.17, 15) is 19.5 Å². The molecule has 0 aromatic heterocycles. The molecular formula is C24H36O5. The Labute approximate surface area is 173 Å². The lowest BCUT2D eigenvalue weighted by atomic mass is 9.43. The maximum Gasteiger partial charge on any atom is 0.303 e. The van der Waals surface area contributed by atoms with Crippen LogP contribution in [0.5, 0.6) is 0 Å². The minimum atomic E-state index is -0.798. The molecular weight excluding hydrogens is 368 g/mol. The first kappa shape index (κ1) is 21.0.